The van der Waals surface area contributed by atoms with Crippen LogP contribution in [0.3, 0.4) is 0 Å². The molecule has 2 atom stereocenters. The maximum Gasteiger partial charge on any atom is 0.424 e. The highest BCUT2D eigenvalue weighted by Gasteiger charge is 2.58. The Balaban J connectivity index is 1.55. The lowest BCUT2D eigenvalue weighted by Crippen LogP contribution is -2.51. The number of benzene rings is 3. The monoisotopic (exact) mass is 669 g/mol. The summed E-state index contributed by atoms with van der Waals surface area (Å²) in [7, 11) is 1.29. The molecule has 2 heterocycles. The van der Waals surface area contributed by atoms with Crippen molar-refractivity contribution in [3.63, 3.8) is 0 Å². The molecule has 0 radical (unpaired) electrons. The van der Waals surface area contributed by atoms with Crippen LogP contribution in [0.1, 0.15) is 28.5 Å². The number of halogens is 4. The topological polar surface area (TPSA) is 139 Å². The zero-order valence-electron chi connectivity index (χ0n) is 25.7. The first-order chi connectivity index (χ1) is 22.8. The van der Waals surface area contributed by atoms with E-state index >= 15 is 0 Å². The zero-order chi connectivity index (χ0) is 34.7. The van der Waals surface area contributed by atoms with E-state index < -0.39 is 47.1 Å². The van der Waals surface area contributed by atoms with E-state index in [4.69, 9.17) is 19.3 Å². The summed E-state index contributed by atoms with van der Waals surface area (Å²) in [5.41, 5.74) is -5.93. The van der Waals surface area contributed by atoms with Crippen molar-refractivity contribution < 1.29 is 51.6 Å². The number of aliphatic hydroxyl groups excluding tert-OH is 1. The summed E-state index contributed by atoms with van der Waals surface area (Å²) >= 11 is 0. The number of para-hydroxylation sites is 1. The van der Waals surface area contributed by atoms with Gasteiger partial charge in [-0.3, -0.25) is 9.59 Å². The lowest BCUT2D eigenvalue weighted by Gasteiger charge is -2.31. The van der Waals surface area contributed by atoms with Gasteiger partial charge in [-0.05, 0) is 67.6 Å². The molecule has 0 unspecified atom stereocenters. The largest absolute Gasteiger partial charge is 0.493 e. The van der Waals surface area contributed by atoms with Gasteiger partial charge in [-0.15, -0.1) is 0 Å². The first-order valence-corrected chi connectivity index (χ1v) is 14.6. The van der Waals surface area contributed by atoms with Gasteiger partial charge in [0.05, 0.1) is 26.0 Å². The number of hydrogen-bond donors (Lipinski definition) is 4. The Morgan fingerprint density at radius 1 is 1.02 bits per heavy atom. The highest BCUT2D eigenvalue weighted by atomic mass is 19.4. The molecule has 4 aromatic rings. The summed E-state index contributed by atoms with van der Waals surface area (Å²) in [4.78, 5) is 30.8. The summed E-state index contributed by atoms with van der Waals surface area (Å²) in [5, 5.41) is 25.2. The standard InChI is InChI=1S/C34H31F4N3O7/c1-32(31(44)40-23-6-4-3-5-7-23)19-48-29-24(32)17-27(41-28(29)20-8-11-22(35)12-9-20)33(45,34(36,37)38)18-39-30(43)21-10-13-25(47-15-14-42)26(16-21)46-2/h3-13,16-17,42,45H,14-15,18-19H2,1-2H3,(H,39,43)(H,40,44)/t32-,33-/m0/s1. The minimum absolute atomic E-state index is 0.00235. The maximum absolute atomic E-state index is 14.9. The van der Waals surface area contributed by atoms with Crippen LogP contribution in [0, 0.1) is 5.82 Å². The first-order valence-electron chi connectivity index (χ1n) is 14.6. The third kappa shape index (κ3) is 6.62. The molecule has 0 saturated heterocycles. The quantitative estimate of drug-likeness (QED) is 0.168. The molecule has 252 valence electrons. The van der Waals surface area contributed by atoms with Gasteiger partial charge in [-0.1, -0.05) is 18.2 Å². The molecule has 14 heteroatoms. The number of pyridine rings is 1. The molecule has 3 aromatic carbocycles. The van der Waals surface area contributed by atoms with E-state index in [9.17, 15) is 32.3 Å². The van der Waals surface area contributed by atoms with Crippen LogP contribution in [-0.2, 0) is 15.8 Å². The van der Waals surface area contributed by atoms with Crippen molar-refractivity contribution in [2.75, 3.05) is 38.8 Å². The number of alkyl halides is 3. The van der Waals surface area contributed by atoms with Gasteiger partial charge in [0.1, 0.15) is 35.9 Å². The smallest absolute Gasteiger partial charge is 0.424 e. The molecular formula is C34H31F4N3O7. The average molecular weight is 670 g/mol. The number of rotatable bonds is 11. The lowest BCUT2D eigenvalue weighted by molar-refractivity contribution is -0.265. The number of aliphatic hydroxyl groups is 2. The van der Waals surface area contributed by atoms with E-state index in [1.807, 2.05) is 0 Å². The summed E-state index contributed by atoms with van der Waals surface area (Å²) in [5.74, 6) is -1.94. The van der Waals surface area contributed by atoms with Crippen LogP contribution in [0.2, 0.25) is 0 Å². The summed E-state index contributed by atoms with van der Waals surface area (Å²) in [6.45, 7) is -0.522. The Bertz CT molecular complexity index is 1810. The van der Waals surface area contributed by atoms with Crippen molar-refractivity contribution in [1.29, 1.82) is 0 Å². The third-order valence-electron chi connectivity index (χ3n) is 7.90. The Hall–Kier alpha value is -5.21. The fourth-order valence-electron chi connectivity index (χ4n) is 5.11. The van der Waals surface area contributed by atoms with E-state index in [2.05, 4.69) is 15.6 Å². The van der Waals surface area contributed by atoms with Gasteiger partial charge in [0.25, 0.3) is 5.91 Å². The molecule has 48 heavy (non-hydrogen) atoms. The number of fused-ring (bicyclic) bond motifs is 1. The summed E-state index contributed by atoms with van der Waals surface area (Å²) < 4.78 is 74.8. The fourth-order valence-corrected chi connectivity index (χ4v) is 5.11. The minimum atomic E-state index is -5.39. The Labute approximate surface area is 272 Å². The van der Waals surface area contributed by atoms with E-state index in [0.717, 1.165) is 18.2 Å². The predicted molar refractivity (Wildman–Crippen MR) is 165 cm³/mol. The molecular weight excluding hydrogens is 638 g/mol. The first kappa shape index (κ1) is 34.1. The number of methoxy groups -OCH3 is 1. The Morgan fingerprint density at radius 3 is 2.38 bits per heavy atom. The van der Waals surface area contributed by atoms with Crippen molar-refractivity contribution in [1.82, 2.24) is 10.3 Å². The number of amides is 2. The molecule has 1 aromatic heterocycles. The van der Waals surface area contributed by atoms with Crippen LogP contribution >= 0.6 is 0 Å². The second kappa shape index (κ2) is 13.5. The van der Waals surface area contributed by atoms with E-state index in [1.54, 1.807) is 30.3 Å². The number of carbonyl (C=O) groups excluding carboxylic acids is 2. The van der Waals surface area contributed by atoms with Crippen molar-refractivity contribution >= 4 is 17.5 Å². The minimum Gasteiger partial charge on any atom is -0.493 e. The maximum atomic E-state index is 14.9. The van der Waals surface area contributed by atoms with Gasteiger partial charge in [0, 0.05) is 22.4 Å². The number of hydrogen-bond acceptors (Lipinski definition) is 8. The molecule has 1 aliphatic rings. The van der Waals surface area contributed by atoms with E-state index in [0.29, 0.717) is 5.69 Å². The molecule has 10 nitrogen and oxygen atoms in total. The molecule has 4 N–H and O–H groups in total. The molecule has 0 bridgehead atoms. The lowest BCUT2D eigenvalue weighted by atomic mass is 9.81. The van der Waals surface area contributed by atoms with Crippen molar-refractivity contribution in [2.45, 2.75) is 24.1 Å². The van der Waals surface area contributed by atoms with Gasteiger partial charge < -0.3 is 35.1 Å². The van der Waals surface area contributed by atoms with Gasteiger partial charge in [0.15, 0.2) is 11.5 Å². The number of ether oxygens (including phenoxy) is 3. The van der Waals surface area contributed by atoms with Crippen LogP contribution in [0.4, 0.5) is 23.2 Å². The van der Waals surface area contributed by atoms with Crippen LogP contribution in [-0.4, -0.2) is 66.7 Å². The van der Waals surface area contributed by atoms with Crippen LogP contribution < -0.4 is 24.8 Å². The van der Waals surface area contributed by atoms with Crippen molar-refractivity contribution in [2.24, 2.45) is 0 Å². The van der Waals surface area contributed by atoms with Crippen LogP contribution in [0.15, 0.2) is 78.9 Å². The molecule has 2 amide bonds. The molecule has 0 aliphatic carbocycles. The predicted octanol–water partition coefficient (Wildman–Crippen LogP) is 4.74. The molecule has 1 aliphatic heterocycles. The second-order valence-electron chi connectivity index (χ2n) is 11.2. The van der Waals surface area contributed by atoms with Gasteiger partial charge in [-0.25, -0.2) is 9.37 Å². The zero-order valence-corrected chi connectivity index (χ0v) is 25.7. The Morgan fingerprint density at radius 2 is 1.73 bits per heavy atom. The van der Waals surface area contributed by atoms with E-state index in [1.165, 1.54) is 44.4 Å². The van der Waals surface area contributed by atoms with Gasteiger partial charge in [0.2, 0.25) is 11.5 Å². The average Bonchev–Trinajstić information content (AvgIpc) is 3.43. The number of nitrogens with one attached hydrogen (secondary N) is 2. The molecule has 0 fully saturated rings. The van der Waals surface area contributed by atoms with Crippen LogP contribution in [0.5, 0.6) is 17.2 Å². The third-order valence-corrected chi connectivity index (χ3v) is 7.90. The van der Waals surface area contributed by atoms with E-state index in [-0.39, 0.29) is 59.5 Å². The van der Waals surface area contributed by atoms with Crippen LogP contribution in [0.25, 0.3) is 11.3 Å². The van der Waals surface area contributed by atoms with Crippen molar-refractivity contribution in [3.8, 4) is 28.5 Å². The molecule has 0 spiro atoms. The van der Waals surface area contributed by atoms with Crippen molar-refractivity contribution in [3.05, 3.63) is 102 Å². The summed E-state index contributed by atoms with van der Waals surface area (Å²) in [6, 6.07) is 17.9. The van der Waals surface area contributed by atoms with Gasteiger partial charge >= 0.3 is 6.18 Å². The highest BCUT2D eigenvalue weighted by molar-refractivity contribution is 6.00. The fraction of sp³-hybridized carbons (Fsp3) is 0.265. The van der Waals surface area contributed by atoms with Gasteiger partial charge in [-0.2, -0.15) is 13.2 Å². The number of carbonyl (C=O) groups is 2. The normalized spacial score (nSPS) is 16.7. The number of nitrogens with zero attached hydrogens (tertiary/aromatic N) is 1. The number of aromatic nitrogens is 1. The molecule has 5 rings (SSSR count). The number of anilines is 1. The highest BCUT2D eigenvalue weighted by Crippen LogP contribution is 2.48. The second-order valence-corrected chi connectivity index (χ2v) is 11.2. The summed E-state index contributed by atoms with van der Waals surface area (Å²) in [6.07, 6.45) is -5.39. The SMILES string of the molecule is COc1cc(C(=O)NC[C@](O)(c2cc3c(c(-c4ccc(F)cc4)n2)OC[C@]3(C)C(=O)Nc2ccccc2)C(F)(F)F)ccc1OCCO. The molecule has 0 saturated carbocycles. The Kier molecular flexibility index (Phi) is 9.59.